The van der Waals surface area contributed by atoms with Crippen LogP contribution in [0.1, 0.15) is 24.0 Å². The molecule has 0 saturated heterocycles. The number of rotatable bonds is 19. The van der Waals surface area contributed by atoms with Crippen LogP contribution in [0.15, 0.2) is 84.9 Å². The van der Waals surface area contributed by atoms with Crippen molar-refractivity contribution in [1.82, 2.24) is 10.2 Å². The topological polar surface area (TPSA) is 106 Å². The predicted octanol–water partition coefficient (Wildman–Crippen LogP) is 4.46. The highest BCUT2D eigenvalue weighted by atomic mass is 16.5. The lowest BCUT2D eigenvalue weighted by atomic mass is 10.0. The van der Waals surface area contributed by atoms with Gasteiger partial charge < -0.3 is 34.4 Å². The normalized spacial score (nSPS) is 12.4. The van der Waals surface area contributed by atoms with E-state index < -0.39 is 12.1 Å². The number of aldehydes is 2. The van der Waals surface area contributed by atoms with E-state index in [0.29, 0.717) is 36.5 Å². The Hall–Kier alpha value is -4.63. The number of anilines is 1. The van der Waals surface area contributed by atoms with Gasteiger partial charge in [0.05, 0.1) is 25.9 Å². The molecule has 0 bridgehead atoms. The van der Waals surface area contributed by atoms with Crippen LogP contribution in [0.5, 0.6) is 17.2 Å². The fourth-order valence-electron chi connectivity index (χ4n) is 4.39. The van der Waals surface area contributed by atoms with Crippen LogP contribution in [0.4, 0.5) is 5.69 Å². The van der Waals surface area contributed by atoms with Crippen molar-refractivity contribution >= 4 is 24.2 Å². The van der Waals surface area contributed by atoms with Gasteiger partial charge in [0.2, 0.25) is 5.91 Å². The Morgan fingerprint density at radius 3 is 2.30 bits per heavy atom. The van der Waals surface area contributed by atoms with Gasteiger partial charge in [0.15, 0.2) is 0 Å². The molecular formula is C34H41N3O6. The Balaban J connectivity index is 1.67. The lowest BCUT2D eigenvalue weighted by Gasteiger charge is -2.23. The average molecular weight is 588 g/mol. The quantitative estimate of drug-likeness (QED) is 0.157. The molecule has 3 aromatic carbocycles. The first-order valence-corrected chi connectivity index (χ1v) is 14.2. The van der Waals surface area contributed by atoms with Crippen molar-refractivity contribution in [1.29, 1.82) is 0 Å². The summed E-state index contributed by atoms with van der Waals surface area (Å²) >= 11 is 0. The number of carbonyl (C=O) groups is 3. The van der Waals surface area contributed by atoms with Crippen molar-refractivity contribution in [3.8, 4) is 17.2 Å². The van der Waals surface area contributed by atoms with Crippen LogP contribution in [-0.2, 0) is 27.3 Å². The molecule has 2 atom stereocenters. The van der Waals surface area contributed by atoms with Crippen molar-refractivity contribution in [2.45, 2.75) is 37.9 Å². The van der Waals surface area contributed by atoms with Crippen molar-refractivity contribution in [3.05, 3.63) is 96.1 Å². The molecule has 0 aromatic heterocycles. The molecule has 3 aromatic rings. The molecule has 228 valence electrons. The minimum Gasteiger partial charge on any atom is -0.497 e. The van der Waals surface area contributed by atoms with E-state index in [-0.39, 0.29) is 18.7 Å². The van der Waals surface area contributed by atoms with Gasteiger partial charge in [0.1, 0.15) is 42.5 Å². The Kier molecular flexibility index (Phi) is 13.8. The van der Waals surface area contributed by atoms with Crippen LogP contribution in [0, 0.1) is 0 Å². The third-order valence-corrected chi connectivity index (χ3v) is 6.74. The van der Waals surface area contributed by atoms with E-state index in [0.717, 1.165) is 30.7 Å². The molecule has 3 rings (SSSR count). The first-order valence-electron chi connectivity index (χ1n) is 14.2. The lowest BCUT2D eigenvalue weighted by molar-refractivity contribution is -0.125. The average Bonchev–Trinajstić information content (AvgIpc) is 3.03. The summed E-state index contributed by atoms with van der Waals surface area (Å²) in [6.07, 6.45) is 6.18. The second-order valence-electron chi connectivity index (χ2n) is 10.1. The van der Waals surface area contributed by atoms with E-state index in [9.17, 15) is 14.4 Å². The second kappa shape index (κ2) is 18.0. The van der Waals surface area contributed by atoms with E-state index >= 15 is 0 Å². The number of likely N-dealkylation sites (N-methyl/N-ethyl adjacent to an activating group) is 1. The maximum absolute atomic E-state index is 13.3. The Morgan fingerprint density at radius 2 is 1.63 bits per heavy atom. The number of nitrogens with zero attached hydrogens (tertiary/aromatic N) is 1. The second-order valence-corrected chi connectivity index (χ2v) is 10.1. The van der Waals surface area contributed by atoms with Crippen molar-refractivity contribution in [2.24, 2.45) is 0 Å². The molecule has 0 fully saturated rings. The zero-order chi connectivity index (χ0) is 30.9. The number of carbonyl (C=O) groups excluding carboxylic acids is 3. The number of methoxy groups -OCH3 is 2. The summed E-state index contributed by atoms with van der Waals surface area (Å²) in [6, 6.07) is 21.5. The monoisotopic (exact) mass is 587 g/mol. The first-order chi connectivity index (χ1) is 20.9. The molecular weight excluding hydrogens is 546 g/mol. The smallest absolute Gasteiger partial charge is 0.243 e. The van der Waals surface area contributed by atoms with Gasteiger partial charge in [-0.2, -0.15) is 0 Å². The van der Waals surface area contributed by atoms with Crippen molar-refractivity contribution in [3.63, 3.8) is 0 Å². The van der Waals surface area contributed by atoms with Gasteiger partial charge in [-0.15, -0.1) is 0 Å². The van der Waals surface area contributed by atoms with E-state index in [4.69, 9.17) is 14.2 Å². The predicted molar refractivity (Wildman–Crippen MR) is 168 cm³/mol. The van der Waals surface area contributed by atoms with Gasteiger partial charge >= 0.3 is 0 Å². The van der Waals surface area contributed by atoms with Gasteiger partial charge in [-0.3, -0.25) is 9.69 Å². The highest BCUT2D eigenvalue weighted by molar-refractivity contribution is 5.87. The Morgan fingerprint density at radius 1 is 0.907 bits per heavy atom. The number of hydrogen-bond donors (Lipinski definition) is 2. The Bertz CT molecular complexity index is 1310. The molecule has 43 heavy (non-hydrogen) atoms. The number of ether oxygens (including phenoxy) is 3. The number of amides is 1. The van der Waals surface area contributed by atoms with Crippen LogP contribution in [0.2, 0.25) is 0 Å². The van der Waals surface area contributed by atoms with E-state index in [1.165, 1.54) is 5.56 Å². The molecule has 2 N–H and O–H groups in total. The molecule has 0 heterocycles. The molecule has 2 unspecified atom stereocenters. The minimum absolute atomic E-state index is 0.182. The Labute approximate surface area is 253 Å². The summed E-state index contributed by atoms with van der Waals surface area (Å²) in [5.74, 6) is 1.62. The van der Waals surface area contributed by atoms with Crippen molar-refractivity contribution in [2.75, 3.05) is 39.7 Å². The number of nitrogens with one attached hydrogen (secondary N) is 2. The molecule has 0 radical (unpaired) electrons. The molecule has 0 aliphatic heterocycles. The molecule has 1 amide bonds. The standard InChI is InChI=1S/C34H41N3O6/c1-37(24-27-13-15-29(41-2)16-14-27)19-7-8-21-43-33-23-30(42-3)17-18-31(33)36-32(22-26-10-5-4-6-11-26)34(40)35-28(25-39)12-9-20-38/h4-8,10-11,13-18,20,23,25,28,32,36H,9,12,19,21-22,24H2,1-3H3,(H,35,40)/b8-7-. The van der Waals surface area contributed by atoms with Crippen LogP contribution in [-0.4, -0.2) is 69.9 Å². The van der Waals surface area contributed by atoms with Gasteiger partial charge in [0, 0.05) is 32.0 Å². The number of benzene rings is 3. The molecule has 0 spiro atoms. The largest absolute Gasteiger partial charge is 0.497 e. The molecule has 0 aliphatic rings. The summed E-state index contributed by atoms with van der Waals surface area (Å²) in [4.78, 5) is 37.9. The van der Waals surface area contributed by atoms with E-state index in [1.54, 1.807) is 32.4 Å². The third kappa shape index (κ3) is 11.3. The maximum Gasteiger partial charge on any atom is 0.243 e. The highest BCUT2D eigenvalue weighted by Crippen LogP contribution is 2.30. The fraction of sp³-hybridized carbons (Fsp3) is 0.324. The van der Waals surface area contributed by atoms with Gasteiger partial charge in [-0.05, 0) is 48.9 Å². The highest BCUT2D eigenvalue weighted by Gasteiger charge is 2.23. The fourth-order valence-corrected chi connectivity index (χ4v) is 4.39. The minimum atomic E-state index is -0.752. The first kappa shape index (κ1) is 32.9. The van der Waals surface area contributed by atoms with Crippen LogP contribution >= 0.6 is 0 Å². The van der Waals surface area contributed by atoms with Crippen molar-refractivity contribution < 1.29 is 28.6 Å². The summed E-state index contributed by atoms with van der Waals surface area (Å²) in [7, 11) is 5.28. The summed E-state index contributed by atoms with van der Waals surface area (Å²) in [5.41, 5.74) is 2.75. The zero-order valence-electron chi connectivity index (χ0n) is 25.0. The summed E-state index contributed by atoms with van der Waals surface area (Å²) < 4.78 is 16.7. The SMILES string of the molecule is COc1ccc(CN(C)C/C=C\COc2cc(OC)ccc2NC(Cc2ccccc2)C(=O)NC(C=O)CCC=O)cc1. The molecule has 9 heteroatoms. The van der Waals surface area contributed by atoms with Crippen LogP contribution in [0.3, 0.4) is 0 Å². The summed E-state index contributed by atoms with van der Waals surface area (Å²) in [6.45, 7) is 1.84. The number of hydrogen-bond acceptors (Lipinski definition) is 8. The van der Waals surface area contributed by atoms with Crippen LogP contribution < -0.4 is 24.8 Å². The molecule has 0 saturated carbocycles. The lowest BCUT2D eigenvalue weighted by Crippen LogP contribution is -2.46. The molecule has 0 aliphatic carbocycles. The van der Waals surface area contributed by atoms with E-state index in [1.807, 2.05) is 61.7 Å². The van der Waals surface area contributed by atoms with E-state index in [2.05, 4.69) is 27.7 Å². The zero-order valence-corrected chi connectivity index (χ0v) is 25.0. The third-order valence-electron chi connectivity index (χ3n) is 6.74. The molecule has 9 nitrogen and oxygen atoms in total. The maximum atomic E-state index is 13.3. The summed E-state index contributed by atoms with van der Waals surface area (Å²) in [5, 5.41) is 6.07. The van der Waals surface area contributed by atoms with Crippen LogP contribution in [0.25, 0.3) is 0 Å². The van der Waals surface area contributed by atoms with Gasteiger partial charge in [-0.1, -0.05) is 54.6 Å². The van der Waals surface area contributed by atoms with Gasteiger partial charge in [0.25, 0.3) is 0 Å². The van der Waals surface area contributed by atoms with Gasteiger partial charge in [-0.25, -0.2) is 0 Å².